The maximum Gasteiger partial charge on any atom is 0.332 e. The second-order valence-corrected chi connectivity index (χ2v) is 6.82. The maximum absolute atomic E-state index is 12.8. The summed E-state index contributed by atoms with van der Waals surface area (Å²) in [6.45, 7) is 0. The number of methoxy groups -OCH3 is 1. The SMILES string of the molecule is COC(=O)[C@]1(NC(=O)CSc2ccc(F)cc2)CCSC1. The fourth-order valence-corrected chi connectivity index (χ4v) is 4.07. The molecule has 0 aromatic heterocycles. The van der Waals surface area contributed by atoms with E-state index >= 15 is 0 Å². The number of benzene rings is 1. The molecule has 0 spiro atoms. The monoisotopic (exact) mass is 329 g/mol. The fraction of sp³-hybridized carbons (Fsp3) is 0.429. The van der Waals surface area contributed by atoms with Crippen LogP contribution in [0.5, 0.6) is 0 Å². The van der Waals surface area contributed by atoms with E-state index in [1.165, 1.54) is 31.0 Å². The van der Waals surface area contributed by atoms with Crippen LogP contribution in [0.1, 0.15) is 6.42 Å². The van der Waals surface area contributed by atoms with Crippen LogP contribution < -0.4 is 5.32 Å². The first-order chi connectivity index (χ1) is 10.1. The number of amides is 1. The number of rotatable bonds is 5. The van der Waals surface area contributed by atoms with Gasteiger partial charge in [-0.2, -0.15) is 11.8 Å². The fourth-order valence-electron chi connectivity index (χ4n) is 2.05. The van der Waals surface area contributed by atoms with Gasteiger partial charge in [0.25, 0.3) is 0 Å². The van der Waals surface area contributed by atoms with Crippen molar-refractivity contribution in [3.8, 4) is 0 Å². The van der Waals surface area contributed by atoms with Crippen LogP contribution >= 0.6 is 23.5 Å². The van der Waals surface area contributed by atoms with Crippen molar-refractivity contribution >= 4 is 35.4 Å². The number of halogens is 1. The quantitative estimate of drug-likeness (QED) is 0.662. The second kappa shape index (κ2) is 7.17. The van der Waals surface area contributed by atoms with E-state index in [0.717, 1.165) is 10.6 Å². The Kier molecular flexibility index (Phi) is 5.52. The average molecular weight is 329 g/mol. The van der Waals surface area contributed by atoms with E-state index in [4.69, 9.17) is 4.74 Å². The molecule has 1 aliphatic heterocycles. The maximum atomic E-state index is 12.8. The molecule has 1 aliphatic rings. The van der Waals surface area contributed by atoms with Gasteiger partial charge in [0.2, 0.25) is 5.91 Å². The predicted octanol–water partition coefficient (Wildman–Crippen LogP) is 2.08. The molecule has 21 heavy (non-hydrogen) atoms. The van der Waals surface area contributed by atoms with E-state index in [2.05, 4.69) is 5.32 Å². The second-order valence-electron chi connectivity index (χ2n) is 4.67. The lowest BCUT2D eigenvalue weighted by Crippen LogP contribution is -2.55. The number of ether oxygens (including phenoxy) is 1. The van der Waals surface area contributed by atoms with Crippen molar-refractivity contribution in [3.63, 3.8) is 0 Å². The standard InChI is InChI=1S/C14H16FNO3S2/c1-19-13(18)14(6-7-20-9-14)16-12(17)8-21-11-4-2-10(15)3-5-11/h2-5H,6-9H2,1H3,(H,16,17)/t14-/m0/s1. The smallest absolute Gasteiger partial charge is 0.332 e. The van der Waals surface area contributed by atoms with E-state index in [-0.39, 0.29) is 17.5 Å². The van der Waals surface area contributed by atoms with Gasteiger partial charge in [-0.3, -0.25) is 4.79 Å². The number of nitrogens with one attached hydrogen (secondary N) is 1. The van der Waals surface area contributed by atoms with Gasteiger partial charge in [-0.1, -0.05) is 0 Å². The van der Waals surface area contributed by atoms with Gasteiger partial charge < -0.3 is 10.1 Å². The minimum absolute atomic E-state index is 0.176. The van der Waals surface area contributed by atoms with Gasteiger partial charge in [-0.15, -0.1) is 11.8 Å². The van der Waals surface area contributed by atoms with Gasteiger partial charge in [0, 0.05) is 10.6 Å². The minimum atomic E-state index is -0.903. The van der Waals surface area contributed by atoms with E-state index in [1.807, 2.05) is 0 Å². The minimum Gasteiger partial charge on any atom is -0.467 e. The number of hydrogen-bond acceptors (Lipinski definition) is 5. The molecule has 1 N–H and O–H groups in total. The summed E-state index contributed by atoms with van der Waals surface area (Å²) in [5, 5.41) is 2.80. The molecule has 1 fully saturated rings. The largest absolute Gasteiger partial charge is 0.467 e. The molecule has 1 amide bonds. The first-order valence-corrected chi connectivity index (χ1v) is 8.55. The van der Waals surface area contributed by atoms with E-state index in [0.29, 0.717) is 12.2 Å². The summed E-state index contributed by atoms with van der Waals surface area (Å²) < 4.78 is 17.6. The molecular weight excluding hydrogens is 313 g/mol. The molecule has 7 heteroatoms. The number of carbonyl (C=O) groups excluding carboxylic acids is 2. The van der Waals surface area contributed by atoms with Gasteiger partial charge in [0.05, 0.1) is 12.9 Å². The summed E-state index contributed by atoms with van der Waals surface area (Å²) in [4.78, 5) is 24.7. The van der Waals surface area contributed by atoms with Crippen molar-refractivity contribution in [2.45, 2.75) is 16.9 Å². The van der Waals surface area contributed by atoms with E-state index in [9.17, 15) is 14.0 Å². The molecule has 1 aromatic carbocycles. The zero-order valence-electron chi connectivity index (χ0n) is 11.6. The van der Waals surface area contributed by atoms with Crippen LogP contribution in [-0.2, 0) is 14.3 Å². The molecule has 114 valence electrons. The highest BCUT2D eigenvalue weighted by Crippen LogP contribution is 2.29. The third-order valence-corrected chi connectivity index (χ3v) is 5.36. The van der Waals surface area contributed by atoms with E-state index < -0.39 is 11.5 Å². The van der Waals surface area contributed by atoms with Crippen molar-refractivity contribution in [2.24, 2.45) is 0 Å². The van der Waals surface area contributed by atoms with Crippen molar-refractivity contribution in [3.05, 3.63) is 30.1 Å². The number of esters is 1. The number of hydrogen-bond donors (Lipinski definition) is 1. The van der Waals surface area contributed by atoms with Crippen LogP contribution in [0.2, 0.25) is 0 Å². The van der Waals surface area contributed by atoms with Gasteiger partial charge in [-0.05, 0) is 36.4 Å². The molecule has 0 unspecified atom stereocenters. The Morgan fingerprint density at radius 1 is 1.43 bits per heavy atom. The Morgan fingerprint density at radius 3 is 2.71 bits per heavy atom. The third kappa shape index (κ3) is 4.14. The lowest BCUT2D eigenvalue weighted by Gasteiger charge is -2.26. The van der Waals surface area contributed by atoms with Gasteiger partial charge >= 0.3 is 5.97 Å². The van der Waals surface area contributed by atoms with Crippen molar-refractivity contribution < 1.29 is 18.7 Å². The summed E-state index contributed by atoms with van der Waals surface area (Å²) in [6.07, 6.45) is 0.581. The molecule has 4 nitrogen and oxygen atoms in total. The summed E-state index contributed by atoms with van der Waals surface area (Å²) >= 11 is 2.92. The topological polar surface area (TPSA) is 55.4 Å². The molecule has 2 rings (SSSR count). The van der Waals surface area contributed by atoms with Crippen molar-refractivity contribution in [2.75, 3.05) is 24.4 Å². The molecule has 1 aromatic rings. The van der Waals surface area contributed by atoms with Gasteiger partial charge in [0.1, 0.15) is 11.4 Å². The number of thioether (sulfide) groups is 2. The Hall–Kier alpha value is -1.21. The highest BCUT2D eigenvalue weighted by atomic mass is 32.2. The summed E-state index contributed by atoms with van der Waals surface area (Å²) in [7, 11) is 1.33. The summed E-state index contributed by atoms with van der Waals surface area (Å²) in [6, 6.07) is 5.94. The van der Waals surface area contributed by atoms with Crippen LogP contribution in [-0.4, -0.2) is 41.8 Å². The lowest BCUT2D eigenvalue weighted by atomic mass is 9.99. The first kappa shape index (κ1) is 16.2. The zero-order chi connectivity index (χ0) is 15.3. The van der Waals surface area contributed by atoms with E-state index in [1.54, 1.807) is 23.9 Å². The Bertz CT molecular complexity index is 515. The van der Waals surface area contributed by atoms with Crippen molar-refractivity contribution in [1.29, 1.82) is 0 Å². The molecule has 0 radical (unpaired) electrons. The average Bonchev–Trinajstić information content (AvgIpc) is 2.95. The molecule has 1 saturated heterocycles. The first-order valence-electron chi connectivity index (χ1n) is 6.41. The molecule has 1 atom stereocenters. The summed E-state index contributed by atoms with van der Waals surface area (Å²) in [5.74, 6) is 0.601. The normalized spacial score (nSPS) is 21.0. The lowest BCUT2D eigenvalue weighted by molar-refractivity contribution is -0.149. The molecule has 0 saturated carbocycles. The van der Waals surface area contributed by atoms with Gasteiger partial charge in [0.15, 0.2) is 0 Å². The summed E-state index contributed by atoms with van der Waals surface area (Å²) in [5.41, 5.74) is -0.903. The van der Waals surface area contributed by atoms with Crippen LogP contribution in [0.25, 0.3) is 0 Å². The van der Waals surface area contributed by atoms with Crippen LogP contribution in [0, 0.1) is 5.82 Å². The van der Waals surface area contributed by atoms with Gasteiger partial charge in [-0.25, -0.2) is 9.18 Å². The third-order valence-electron chi connectivity index (χ3n) is 3.16. The highest BCUT2D eigenvalue weighted by molar-refractivity contribution is 8.00. The predicted molar refractivity (Wildman–Crippen MR) is 82.0 cm³/mol. The Morgan fingerprint density at radius 2 is 2.14 bits per heavy atom. The Labute approximate surface area is 131 Å². The zero-order valence-corrected chi connectivity index (χ0v) is 13.2. The van der Waals surface area contributed by atoms with Crippen molar-refractivity contribution in [1.82, 2.24) is 5.32 Å². The molecule has 0 bridgehead atoms. The molecular formula is C14H16FNO3S2. The Balaban J connectivity index is 1.91. The highest BCUT2D eigenvalue weighted by Gasteiger charge is 2.44. The molecule has 1 heterocycles. The number of carbonyl (C=O) groups is 2. The van der Waals surface area contributed by atoms with Crippen LogP contribution in [0.15, 0.2) is 29.2 Å². The molecule has 0 aliphatic carbocycles. The van der Waals surface area contributed by atoms with Crippen LogP contribution in [0.3, 0.4) is 0 Å². The van der Waals surface area contributed by atoms with Crippen LogP contribution in [0.4, 0.5) is 4.39 Å².